The number of likely N-dealkylation sites (tertiary alicyclic amines) is 6. The summed E-state index contributed by atoms with van der Waals surface area (Å²) in [5.41, 5.74) is 7.11. The monoisotopic (exact) mass is 1850 g/mol. The summed E-state index contributed by atoms with van der Waals surface area (Å²) in [5, 5.41) is 6.99. The van der Waals surface area contributed by atoms with E-state index in [1.165, 1.54) is 60.0 Å². The summed E-state index contributed by atoms with van der Waals surface area (Å²) in [4.78, 5) is 152. The Hall–Kier alpha value is -10.0. The van der Waals surface area contributed by atoms with Crippen LogP contribution in [0.3, 0.4) is 0 Å². The number of benzene rings is 6. The van der Waals surface area contributed by atoms with Gasteiger partial charge in [-0.3, -0.25) is 52.7 Å². The van der Waals surface area contributed by atoms with Crippen LogP contribution in [0.1, 0.15) is 196 Å². The molecule has 2 aliphatic carbocycles. The maximum absolute atomic E-state index is 14.0. The van der Waals surface area contributed by atoms with Gasteiger partial charge in [-0.15, -0.1) is 0 Å². The molecule has 14 heterocycles. The van der Waals surface area contributed by atoms with Crippen LogP contribution in [0, 0.1) is 0 Å². The van der Waals surface area contributed by atoms with Gasteiger partial charge in [-0.25, -0.2) is 0 Å². The number of piperidine rings is 1. The Kier molecular flexibility index (Phi) is 23.1. The topological polar surface area (TPSA) is 306 Å². The summed E-state index contributed by atoms with van der Waals surface area (Å²) in [6, 6.07) is 37.3. The number of fused-ring (bicyclic) bond motifs is 10. The first kappa shape index (κ1) is 93.4. The van der Waals surface area contributed by atoms with Gasteiger partial charge >= 0.3 is 21.4 Å². The highest BCUT2D eigenvalue weighted by atomic mass is 35.5. The van der Waals surface area contributed by atoms with Gasteiger partial charge in [0.05, 0.1) is 53.3 Å². The van der Waals surface area contributed by atoms with Gasteiger partial charge in [0, 0.05) is 163 Å². The summed E-state index contributed by atoms with van der Waals surface area (Å²) in [6.45, 7) is 39.2. The minimum atomic E-state index is -0.700. The quantitative estimate of drug-likeness (QED) is 0.127. The largest absolute Gasteiger partial charge is 0.497 e. The number of rotatable bonds is 9. The highest BCUT2D eigenvalue weighted by Gasteiger charge is 2.66. The van der Waals surface area contributed by atoms with Crippen molar-refractivity contribution in [3.8, 4) is 5.75 Å². The van der Waals surface area contributed by atoms with Crippen molar-refractivity contribution in [2.45, 2.75) is 248 Å². The van der Waals surface area contributed by atoms with E-state index in [2.05, 4.69) is 60.3 Å². The molecule has 34 heteroatoms. The lowest BCUT2D eigenvalue weighted by atomic mass is 9.72. The molecule has 0 aromatic heterocycles. The number of amides is 10. The molecule has 0 unspecified atom stereocenters. The predicted octanol–water partition coefficient (Wildman–Crippen LogP) is 9.04. The Balaban J connectivity index is 0.000000113. The molecule has 700 valence electrons. The minimum absolute atomic E-state index is 0.000661. The number of anilines is 5. The van der Waals surface area contributed by atoms with Gasteiger partial charge in [0.25, 0.3) is 0 Å². The molecule has 5 spiro atoms. The SMILES string of the molecule is CC(=O)N1CC2(C1)C(=O)N(C1CC(=O)C1)c1cc(B3OC(C)(C)C(C)(C)O3)ccc12.CC(=O)N1CC2(C1)C(=O)N(C1CC(N3CCCCC3)C1)c1cc(B3OC(C)(C)C(C)(C)O3)ccc12.CC(=O)N1CC2(C1)C(=O)Nc1cc(B3OC(C)(C)C(C)(C)O3)ccc12.CC(=O)N1CC2(C1)C(=O)Nc1cc(Cl)ccc12.COc1ccc(CN2C(=O)C3(CN(C(C)=O)C3)c3ccc(Cl)cc32)cc1. The van der Waals surface area contributed by atoms with Crippen molar-refractivity contribution in [1.82, 2.24) is 29.4 Å². The number of carbonyl (C=O) groups is 11. The Morgan fingerprint density at radius 1 is 0.383 bits per heavy atom. The molecule has 133 heavy (non-hydrogen) atoms. The average Bonchev–Trinajstić information content (AvgIpc) is 1.53. The number of halogens is 2. The number of ether oxygens (including phenoxy) is 1. The molecule has 2 saturated carbocycles. The molecule has 11 fully saturated rings. The number of nitrogens with one attached hydrogen (secondary N) is 2. The number of nitrogens with zero attached hydrogens (tertiary/aromatic N) is 9. The molecule has 0 atom stereocenters. The van der Waals surface area contributed by atoms with Gasteiger partial charge in [0.15, 0.2) is 0 Å². The Morgan fingerprint density at radius 3 is 1.10 bits per heavy atom. The highest BCUT2D eigenvalue weighted by molar-refractivity contribution is 6.63. The van der Waals surface area contributed by atoms with E-state index in [-0.39, 0.29) is 76.9 Å². The van der Waals surface area contributed by atoms with Gasteiger partial charge in [-0.1, -0.05) is 90.3 Å². The zero-order valence-corrected chi connectivity index (χ0v) is 80.7. The van der Waals surface area contributed by atoms with Crippen LogP contribution in [0.15, 0.2) is 115 Å². The average molecular weight is 1850 g/mol. The first-order valence-corrected chi connectivity index (χ1v) is 47.1. The Labute approximate surface area is 787 Å². The molecule has 6 aromatic carbocycles. The van der Waals surface area contributed by atoms with E-state index in [1.54, 1.807) is 60.5 Å². The van der Waals surface area contributed by atoms with Gasteiger partial charge in [0.1, 0.15) is 38.6 Å². The molecule has 9 saturated heterocycles. The van der Waals surface area contributed by atoms with Crippen LogP contribution in [-0.4, -0.2) is 253 Å². The number of hydrogen-bond donors (Lipinski definition) is 2. The summed E-state index contributed by atoms with van der Waals surface area (Å²) >= 11 is 12.1. The molecular weight excluding hydrogens is 1730 g/mol. The van der Waals surface area contributed by atoms with E-state index in [0.29, 0.717) is 101 Å². The molecule has 0 radical (unpaired) electrons. The number of hydrogen-bond acceptors (Lipinski definition) is 19. The molecule has 22 rings (SSSR count). The second kappa shape index (κ2) is 32.9. The van der Waals surface area contributed by atoms with Crippen LogP contribution < -0.4 is 46.5 Å². The zero-order valence-electron chi connectivity index (χ0n) is 79.2. The van der Waals surface area contributed by atoms with E-state index in [0.717, 1.165) is 96.8 Å². The summed E-state index contributed by atoms with van der Waals surface area (Å²) in [7, 11) is 0.181. The van der Waals surface area contributed by atoms with Crippen molar-refractivity contribution in [2.24, 2.45) is 0 Å². The lowest BCUT2D eigenvalue weighted by Crippen LogP contribution is -2.66. The van der Waals surface area contributed by atoms with Crippen LogP contribution in [0.25, 0.3) is 0 Å². The highest BCUT2D eigenvalue weighted by Crippen LogP contribution is 2.56. The first-order valence-electron chi connectivity index (χ1n) is 46.4. The normalized spacial score (nSPS) is 24.6. The maximum atomic E-state index is 14.0. The van der Waals surface area contributed by atoms with Crippen molar-refractivity contribution in [3.63, 3.8) is 0 Å². The zero-order chi connectivity index (χ0) is 95.3. The van der Waals surface area contributed by atoms with E-state index in [4.69, 9.17) is 55.9 Å². The van der Waals surface area contributed by atoms with Crippen molar-refractivity contribution in [1.29, 1.82) is 0 Å². The van der Waals surface area contributed by atoms with Gasteiger partial charge in [-0.05, 0) is 226 Å². The third-order valence-electron chi connectivity index (χ3n) is 32.3. The fourth-order valence-electron chi connectivity index (χ4n) is 21.5. The van der Waals surface area contributed by atoms with Crippen LogP contribution in [0.2, 0.25) is 10.0 Å². The number of methoxy groups -OCH3 is 1. The smallest absolute Gasteiger partial charge is 0.494 e. The van der Waals surface area contributed by atoms with Crippen molar-refractivity contribution >= 4 is 154 Å². The molecule has 16 aliphatic rings. The molecule has 29 nitrogen and oxygen atoms in total. The van der Waals surface area contributed by atoms with Gasteiger partial charge in [-0.2, -0.15) is 0 Å². The third kappa shape index (κ3) is 15.4. The lowest BCUT2D eigenvalue weighted by molar-refractivity contribution is -0.144. The van der Waals surface area contributed by atoms with E-state index in [9.17, 15) is 52.7 Å². The van der Waals surface area contributed by atoms with Crippen LogP contribution >= 0.6 is 23.2 Å². The summed E-state index contributed by atoms with van der Waals surface area (Å²) in [6.07, 6.45) is 6.73. The van der Waals surface area contributed by atoms with Crippen molar-refractivity contribution in [2.75, 3.05) is 111 Å². The predicted molar refractivity (Wildman–Crippen MR) is 506 cm³/mol. The first-order chi connectivity index (χ1) is 62.5. The molecular formula is C99H118B3Cl2N11O18. The molecule has 10 amide bonds. The molecule has 6 aromatic rings. The van der Waals surface area contributed by atoms with Crippen LogP contribution in [0.4, 0.5) is 28.4 Å². The molecule has 14 aliphatic heterocycles. The maximum Gasteiger partial charge on any atom is 0.494 e. The van der Waals surface area contributed by atoms with Crippen molar-refractivity contribution in [3.05, 3.63) is 159 Å². The standard InChI is InChI=1S/C27H38BN3O4.C22H27BN2O5.C20H19ClN2O3.C18H23BN2O4.C12H11ClN2O2/c1-18(32)30-16-27(17-30)22-10-9-19(28-34-25(2,3)26(4,5)35-28)13-23(22)31(24(27)33)21-14-20(15-21)29-11-7-6-8-12-29;1-13(26)24-11-22(12-24)17-7-6-14(23-29-20(2,3)21(4,5)30-23)8-18(17)25(19(22)28)15-9-16(27)10-15;1-13(24)22-11-20(12-22)17-8-5-15(21)9-18(17)23(19(20)25)10-14-3-6-16(26-2)7-4-14;1-11(22)21-9-18(10-21)13-7-6-12(8-14(13)20-15(18)23)19-24-16(2,3)17(4,5)25-19;1-7(16)15-5-12(6-15)9-3-2-8(13)4-10(9)14-11(12)17/h9-10,13,20-21H,6-8,11-12,14-17H2,1-5H3;6-8,15H,9-12H2,1-5H3;3-9H,10-12H2,1-2H3;6-8H,9-10H2,1-5H3,(H,20,23);2-4H,5-6H2,1H3,(H,14,17). The van der Waals surface area contributed by atoms with Crippen LogP contribution in [-0.2, 0) is 114 Å². The third-order valence-corrected chi connectivity index (χ3v) is 32.7. The fraction of sp³-hybridized carbons (Fsp3) is 0.525. The number of carbonyl (C=O) groups excluding carboxylic acids is 11. The summed E-state index contributed by atoms with van der Waals surface area (Å²) < 4.78 is 42.4. The van der Waals surface area contributed by atoms with Crippen molar-refractivity contribution < 1.29 is 85.4 Å². The molecule has 0 bridgehead atoms. The summed E-state index contributed by atoms with van der Waals surface area (Å²) in [5.74, 6) is 1.08. The molecule has 2 N–H and O–H groups in total. The van der Waals surface area contributed by atoms with Gasteiger partial charge in [0.2, 0.25) is 59.1 Å². The van der Waals surface area contributed by atoms with Crippen LogP contribution in [0.5, 0.6) is 5.75 Å². The Morgan fingerprint density at radius 2 is 0.714 bits per heavy atom. The fourth-order valence-corrected chi connectivity index (χ4v) is 21.9. The van der Waals surface area contributed by atoms with E-state index in [1.807, 2.05) is 146 Å². The lowest BCUT2D eigenvalue weighted by Gasteiger charge is -2.50. The second-order valence-corrected chi connectivity index (χ2v) is 43.1. The number of ketones is 1. The Bertz CT molecular complexity index is 5810. The minimum Gasteiger partial charge on any atom is -0.497 e. The second-order valence-electron chi connectivity index (χ2n) is 42.2. The van der Waals surface area contributed by atoms with Gasteiger partial charge < -0.3 is 87.4 Å². The van der Waals surface area contributed by atoms with E-state index >= 15 is 0 Å². The number of Topliss-reactive ketones (excluding diaryl/α,β-unsaturated/α-hetero) is 1. The van der Waals surface area contributed by atoms with E-state index < -0.39 is 82.0 Å².